The number of aryl methyl sites for hydroxylation is 4. The maximum Gasteiger partial charge on any atom is 0.252 e. The lowest BCUT2D eigenvalue weighted by Gasteiger charge is -2.06. The zero-order chi connectivity index (χ0) is 17.8. The second kappa shape index (κ2) is 7.30. The molecule has 3 aromatic rings. The average molecular weight is 334 g/mol. The highest BCUT2D eigenvalue weighted by Gasteiger charge is 2.18. The summed E-state index contributed by atoms with van der Waals surface area (Å²) in [6.45, 7) is 4.21. The van der Waals surface area contributed by atoms with E-state index in [-0.39, 0.29) is 0 Å². The van der Waals surface area contributed by atoms with E-state index in [1.807, 2.05) is 12.1 Å². The predicted octanol–water partition coefficient (Wildman–Crippen LogP) is 2.90. The number of benzene rings is 1. The van der Waals surface area contributed by atoms with Gasteiger partial charge in [0.1, 0.15) is 0 Å². The Balaban J connectivity index is 1.79. The second-order valence-electron chi connectivity index (χ2n) is 6.34. The van der Waals surface area contributed by atoms with Crippen molar-refractivity contribution in [3.8, 4) is 0 Å². The molecule has 0 aliphatic rings. The summed E-state index contributed by atoms with van der Waals surface area (Å²) in [5, 5.41) is 7.32. The number of aromatic nitrogens is 3. The summed E-state index contributed by atoms with van der Waals surface area (Å²) in [6.07, 6.45) is 5.55. The van der Waals surface area contributed by atoms with Crippen LogP contribution < -0.4 is 5.73 Å². The molecule has 0 atom stereocenters. The molecule has 3 N–H and O–H groups in total. The average Bonchev–Trinajstić information content (AvgIpc) is 2.99. The molecule has 0 spiro atoms. The molecule has 2 heterocycles. The Bertz CT molecular complexity index is 884. The number of nitrogens with zero attached hydrogens (tertiary/aromatic N) is 2. The van der Waals surface area contributed by atoms with Gasteiger partial charge in [0.2, 0.25) is 0 Å². The number of aromatic amines is 1. The van der Waals surface area contributed by atoms with Gasteiger partial charge in [-0.15, -0.1) is 0 Å². The number of primary amides is 1. The highest BCUT2D eigenvalue weighted by atomic mass is 16.1. The Labute approximate surface area is 147 Å². The Morgan fingerprint density at radius 2 is 1.96 bits per heavy atom. The van der Waals surface area contributed by atoms with E-state index in [1.54, 1.807) is 12.4 Å². The second-order valence-corrected chi connectivity index (χ2v) is 6.34. The lowest BCUT2D eigenvalue weighted by Crippen LogP contribution is -2.15. The number of nitrogens with two attached hydrogens (primary N) is 1. The first-order valence-corrected chi connectivity index (χ1v) is 8.35. The van der Waals surface area contributed by atoms with E-state index in [2.05, 4.69) is 47.2 Å². The molecule has 0 saturated carbocycles. The monoisotopic (exact) mass is 334 g/mol. The van der Waals surface area contributed by atoms with Gasteiger partial charge in [-0.25, -0.2) is 0 Å². The van der Waals surface area contributed by atoms with Crippen LogP contribution in [0.1, 0.15) is 44.0 Å². The fourth-order valence-corrected chi connectivity index (χ4v) is 2.95. The fraction of sp³-hybridized carbons (Fsp3) is 0.250. The summed E-state index contributed by atoms with van der Waals surface area (Å²) in [7, 11) is 0. The number of hydrogen-bond acceptors (Lipinski definition) is 3. The van der Waals surface area contributed by atoms with Crippen molar-refractivity contribution in [2.24, 2.45) is 5.73 Å². The summed E-state index contributed by atoms with van der Waals surface area (Å²) in [4.78, 5) is 16.1. The highest BCUT2D eigenvalue weighted by molar-refractivity contribution is 5.95. The maximum atomic E-state index is 12.0. The molecule has 0 aliphatic heterocycles. The molecule has 0 unspecified atom stereocenters. The highest BCUT2D eigenvalue weighted by Crippen LogP contribution is 2.18. The van der Waals surface area contributed by atoms with Crippen LogP contribution in [0, 0.1) is 13.8 Å². The van der Waals surface area contributed by atoms with Gasteiger partial charge in [-0.2, -0.15) is 5.10 Å². The van der Waals surface area contributed by atoms with E-state index in [0.29, 0.717) is 18.4 Å². The molecular weight excluding hydrogens is 312 g/mol. The van der Waals surface area contributed by atoms with Crippen molar-refractivity contribution in [1.82, 2.24) is 15.2 Å². The Morgan fingerprint density at radius 3 is 2.64 bits per heavy atom. The summed E-state index contributed by atoms with van der Waals surface area (Å²) in [6, 6.07) is 10.3. The minimum Gasteiger partial charge on any atom is -0.365 e. The molecule has 0 radical (unpaired) electrons. The molecule has 1 amide bonds. The zero-order valence-electron chi connectivity index (χ0n) is 14.5. The standard InChI is InChI=1S/C20H22N4O/c1-13-5-6-15(10-14(13)2)7-8-17-19(20(21)25)18(24-23-17)11-16-4-3-9-22-12-16/h3-6,9-10,12H,7-8,11H2,1-2H3,(H2,21,25)(H,23,24). The number of carbonyl (C=O) groups is 1. The maximum absolute atomic E-state index is 12.0. The van der Waals surface area contributed by atoms with Crippen molar-refractivity contribution >= 4 is 5.91 Å². The molecule has 5 nitrogen and oxygen atoms in total. The molecule has 5 heteroatoms. The fourth-order valence-electron chi connectivity index (χ4n) is 2.95. The molecule has 0 aliphatic carbocycles. The van der Waals surface area contributed by atoms with E-state index in [0.717, 1.165) is 23.4 Å². The van der Waals surface area contributed by atoms with Crippen molar-refractivity contribution < 1.29 is 4.79 Å². The minimum atomic E-state index is -0.442. The summed E-state index contributed by atoms with van der Waals surface area (Å²) >= 11 is 0. The third kappa shape index (κ3) is 3.94. The van der Waals surface area contributed by atoms with Crippen LogP contribution in [0.5, 0.6) is 0 Å². The Kier molecular flexibility index (Phi) is 4.93. The van der Waals surface area contributed by atoms with Crippen LogP contribution in [0.4, 0.5) is 0 Å². The van der Waals surface area contributed by atoms with Crippen LogP contribution in [0.15, 0.2) is 42.7 Å². The number of amides is 1. The lowest BCUT2D eigenvalue weighted by molar-refractivity contribution is 0.0998. The van der Waals surface area contributed by atoms with Crippen LogP contribution in [-0.2, 0) is 19.3 Å². The quantitative estimate of drug-likeness (QED) is 0.727. The van der Waals surface area contributed by atoms with Crippen molar-refractivity contribution in [2.75, 3.05) is 0 Å². The van der Waals surface area contributed by atoms with Crippen molar-refractivity contribution in [3.63, 3.8) is 0 Å². The largest absolute Gasteiger partial charge is 0.365 e. The van der Waals surface area contributed by atoms with E-state index < -0.39 is 5.91 Å². The van der Waals surface area contributed by atoms with Crippen LogP contribution in [0.25, 0.3) is 0 Å². The number of carbonyl (C=O) groups excluding carboxylic acids is 1. The summed E-state index contributed by atoms with van der Waals surface area (Å²) < 4.78 is 0. The van der Waals surface area contributed by atoms with Gasteiger partial charge in [0, 0.05) is 18.8 Å². The van der Waals surface area contributed by atoms with Gasteiger partial charge in [-0.05, 0) is 55.0 Å². The van der Waals surface area contributed by atoms with Crippen LogP contribution in [0.3, 0.4) is 0 Å². The Hall–Kier alpha value is -2.95. The molecule has 128 valence electrons. The normalized spacial score (nSPS) is 10.8. The molecule has 0 saturated heterocycles. The smallest absolute Gasteiger partial charge is 0.252 e. The van der Waals surface area contributed by atoms with Crippen LogP contribution >= 0.6 is 0 Å². The van der Waals surface area contributed by atoms with Gasteiger partial charge in [-0.1, -0.05) is 24.3 Å². The first-order valence-electron chi connectivity index (χ1n) is 8.35. The van der Waals surface area contributed by atoms with E-state index >= 15 is 0 Å². The topological polar surface area (TPSA) is 84.7 Å². The molecule has 25 heavy (non-hydrogen) atoms. The third-order valence-electron chi connectivity index (χ3n) is 4.49. The molecular formula is C20H22N4O. The van der Waals surface area contributed by atoms with Gasteiger partial charge in [0.25, 0.3) is 5.91 Å². The van der Waals surface area contributed by atoms with Gasteiger partial charge in [0.05, 0.1) is 17.0 Å². The van der Waals surface area contributed by atoms with E-state index in [9.17, 15) is 4.79 Å². The summed E-state index contributed by atoms with van der Waals surface area (Å²) in [5.74, 6) is -0.442. The number of nitrogens with one attached hydrogen (secondary N) is 1. The Morgan fingerprint density at radius 1 is 1.12 bits per heavy atom. The molecule has 2 aromatic heterocycles. The van der Waals surface area contributed by atoms with Crippen molar-refractivity contribution in [3.05, 3.63) is 81.9 Å². The van der Waals surface area contributed by atoms with Crippen molar-refractivity contribution in [2.45, 2.75) is 33.1 Å². The van der Waals surface area contributed by atoms with Crippen molar-refractivity contribution in [1.29, 1.82) is 0 Å². The number of pyridine rings is 1. The first-order chi connectivity index (χ1) is 12.0. The van der Waals surface area contributed by atoms with Crippen LogP contribution in [-0.4, -0.2) is 21.1 Å². The van der Waals surface area contributed by atoms with E-state index in [1.165, 1.54) is 16.7 Å². The molecule has 3 rings (SSSR count). The van der Waals surface area contributed by atoms with Gasteiger partial charge >= 0.3 is 0 Å². The van der Waals surface area contributed by atoms with Gasteiger partial charge in [0.15, 0.2) is 0 Å². The third-order valence-corrected chi connectivity index (χ3v) is 4.49. The van der Waals surface area contributed by atoms with Gasteiger partial charge in [-0.3, -0.25) is 14.9 Å². The molecule has 0 bridgehead atoms. The number of rotatable bonds is 6. The van der Waals surface area contributed by atoms with Crippen LogP contribution in [0.2, 0.25) is 0 Å². The molecule has 1 aromatic carbocycles. The van der Waals surface area contributed by atoms with E-state index in [4.69, 9.17) is 5.73 Å². The SMILES string of the molecule is Cc1ccc(CCc2n[nH]c(Cc3cccnc3)c2C(N)=O)cc1C. The lowest BCUT2D eigenvalue weighted by atomic mass is 9.99. The minimum absolute atomic E-state index is 0.442. The number of H-pyrrole nitrogens is 1. The molecule has 0 fully saturated rings. The predicted molar refractivity (Wildman–Crippen MR) is 97.5 cm³/mol. The zero-order valence-corrected chi connectivity index (χ0v) is 14.5. The number of hydrogen-bond donors (Lipinski definition) is 2. The summed E-state index contributed by atoms with van der Waals surface area (Å²) in [5.41, 5.74) is 12.4. The first kappa shape index (κ1) is 16.9. The van der Waals surface area contributed by atoms with Gasteiger partial charge < -0.3 is 5.73 Å².